The smallest absolute Gasteiger partial charge is 0.231 e. The molecule has 0 bridgehead atoms. The van der Waals surface area contributed by atoms with Gasteiger partial charge in [-0.15, -0.1) is 0 Å². The van der Waals surface area contributed by atoms with Crippen molar-refractivity contribution >= 4 is 5.91 Å². The fraction of sp³-hybridized carbons (Fsp3) is 0.500. The molecule has 2 aliphatic heterocycles. The molecule has 2 aliphatic rings. The van der Waals surface area contributed by atoms with Gasteiger partial charge in [-0.05, 0) is 30.7 Å². The van der Waals surface area contributed by atoms with Crippen LogP contribution < -0.4 is 14.8 Å². The minimum atomic E-state index is 0.124. The summed E-state index contributed by atoms with van der Waals surface area (Å²) in [5, 5.41) is 3.22. The standard InChI is InChI=1S/C14H18N2O3/c1-16(14(17)11-4-5-15-7-11)8-10-2-3-12-13(6-10)19-9-18-12/h2-3,6,11,15H,4-5,7-9H2,1H3/t11-/m1/s1. The van der Waals surface area contributed by atoms with Crippen molar-refractivity contribution in [2.24, 2.45) is 5.92 Å². The maximum Gasteiger partial charge on any atom is 0.231 e. The van der Waals surface area contributed by atoms with E-state index in [4.69, 9.17) is 9.47 Å². The van der Waals surface area contributed by atoms with E-state index in [-0.39, 0.29) is 18.6 Å². The molecule has 0 spiro atoms. The van der Waals surface area contributed by atoms with E-state index in [1.54, 1.807) is 4.90 Å². The van der Waals surface area contributed by atoms with E-state index in [2.05, 4.69) is 5.32 Å². The third-order valence-corrected chi connectivity index (χ3v) is 3.64. The molecule has 1 N–H and O–H groups in total. The summed E-state index contributed by atoms with van der Waals surface area (Å²) in [5.41, 5.74) is 1.06. The fourth-order valence-corrected chi connectivity index (χ4v) is 2.57. The van der Waals surface area contributed by atoms with E-state index in [1.807, 2.05) is 25.2 Å². The van der Waals surface area contributed by atoms with Crippen LogP contribution in [0.4, 0.5) is 0 Å². The van der Waals surface area contributed by atoms with Gasteiger partial charge in [0.15, 0.2) is 11.5 Å². The van der Waals surface area contributed by atoms with Crippen molar-refractivity contribution < 1.29 is 14.3 Å². The van der Waals surface area contributed by atoms with Crippen LogP contribution in [0.15, 0.2) is 18.2 Å². The Morgan fingerprint density at radius 1 is 1.42 bits per heavy atom. The lowest BCUT2D eigenvalue weighted by molar-refractivity contribution is -0.134. The highest BCUT2D eigenvalue weighted by atomic mass is 16.7. The van der Waals surface area contributed by atoms with Crippen LogP contribution in [0, 0.1) is 5.92 Å². The molecular formula is C14H18N2O3. The molecule has 1 fully saturated rings. The van der Waals surface area contributed by atoms with Crippen molar-refractivity contribution in [1.29, 1.82) is 0 Å². The van der Waals surface area contributed by atoms with Crippen molar-refractivity contribution in [1.82, 2.24) is 10.2 Å². The minimum absolute atomic E-state index is 0.124. The van der Waals surface area contributed by atoms with Gasteiger partial charge in [-0.25, -0.2) is 0 Å². The fourth-order valence-electron chi connectivity index (χ4n) is 2.57. The molecule has 5 heteroatoms. The first-order valence-electron chi connectivity index (χ1n) is 6.58. The van der Waals surface area contributed by atoms with Crippen LogP contribution in [0.3, 0.4) is 0 Å². The molecule has 1 aromatic carbocycles. The Labute approximate surface area is 112 Å². The molecule has 0 saturated carbocycles. The molecular weight excluding hydrogens is 244 g/mol. The molecule has 1 aromatic rings. The highest BCUT2D eigenvalue weighted by molar-refractivity contribution is 5.79. The Balaban J connectivity index is 1.65. The summed E-state index contributed by atoms with van der Waals surface area (Å²) in [6, 6.07) is 5.82. The van der Waals surface area contributed by atoms with Gasteiger partial charge in [0, 0.05) is 20.1 Å². The van der Waals surface area contributed by atoms with Gasteiger partial charge in [0.2, 0.25) is 12.7 Å². The van der Waals surface area contributed by atoms with Crippen molar-refractivity contribution in [3.8, 4) is 11.5 Å². The quantitative estimate of drug-likeness (QED) is 0.882. The SMILES string of the molecule is CN(Cc1ccc2c(c1)OCO2)C(=O)[C@@H]1CCNC1. The van der Waals surface area contributed by atoms with E-state index in [0.717, 1.165) is 36.6 Å². The lowest BCUT2D eigenvalue weighted by atomic mass is 10.1. The van der Waals surface area contributed by atoms with Crippen LogP contribution in [-0.4, -0.2) is 37.7 Å². The summed E-state index contributed by atoms with van der Waals surface area (Å²) in [4.78, 5) is 14.0. The topological polar surface area (TPSA) is 50.8 Å². The van der Waals surface area contributed by atoms with Crippen LogP contribution in [0.5, 0.6) is 11.5 Å². The maximum atomic E-state index is 12.2. The highest BCUT2D eigenvalue weighted by Gasteiger charge is 2.25. The predicted octanol–water partition coefficient (Wildman–Crippen LogP) is 0.983. The van der Waals surface area contributed by atoms with Crippen molar-refractivity contribution in [2.75, 3.05) is 26.9 Å². The van der Waals surface area contributed by atoms with Gasteiger partial charge in [-0.1, -0.05) is 6.07 Å². The van der Waals surface area contributed by atoms with Gasteiger partial charge in [0.25, 0.3) is 0 Å². The molecule has 0 unspecified atom stereocenters. The lowest BCUT2D eigenvalue weighted by Gasteiger charge is -2.20. The molecule has 3 rings (SSSR count). The number of carbonyl (C=O) groups excluding carboxylic acids is 1. The second-order valence-corrected chi connectivity index (χ2v) is 5.07. The van der Waals surface area contributed by atoms with Gasteiger partial charge >= 0.3 is 0 Å². The zero-order valence-electron chi connectivity index (χ0n) is 11.0. The van der Waals surface area contributed by atoms with Gasteiger partial charge < -0.3 is 19.7 Å². The van der Waals surface area contributed by atoms with Gasteiger partial charge in [-0.3, -0.25) is 4.79 Å². The van der Waals surface area contributed by atoms with E-state index in [0.29, 0.717) is 6.54 Å². The summed E-state index contributed by atoms with van der Waals surface area (Å²) in [5.74, 6) is 1.88. The lowest BCUT2D eigenvalue weighted by Crippen LogP contribution is -2.33. The Bertz CT molecular complexity index is 484. The van der Waals surface area contributed by atoms with Crippen LogP contribution >= 0.6 is 0 Å². The highest BCUT2D eigenvalue weighted by Crippen LogP contribution is 2.32. The summed E-state index contributed by atoms with van der Waals surface area (Å²) in [6.07, 6.45) is 0.935. The largest absolute Gasteiger partial charge is 0.454 e. The molecule has 1 saturated heterocycles. The molecule has 19 heavy (non-hydrogen) atoms. The minimum Gasteiger partial charge on any atom is -0.454 e. The third kappa shape index (κ3) is 2.51. The molecule has 102 valence electrons. The van der Waals surface area contributed by atoms with Crippen molar-refractivity contribution in [3.63, 3.8) is 0 Å². The molecule has 2 heterocycles. The van der Waals surface area contributed by atoms with Crippen molar-refractivity contribution in [2.45, 2.75) is 13.0 Å². The molecule has 0 aromatic heterocycles. The number of ether oxygens (including phenoxy) is 2. The zero-order valence-corrected chi connectivity index (χ0v) is 11.0. The Kier molecular flexibility index (Phi) is 3.29. The molecule has 1 atom stereocenters. The Morgan fingerprint density at radius 3 is 3.05 bits per heavy atom. The normalized spacial score (nSPS) is 20.6. The molecule has 0 radical (unpaired) electrons. The summed E-state index contributed by atoms with van der Waals surface area (Å²) >= 11 is 0. The number of fused-ring (bicyclic) bond motifs is 1. The summed E-state index contributed by atoms with van der Waals surface area (Å²) in [6.45, 7) is 2.62. The second-order valence-electron chi connectivity index (χ2n) is 5.07. The first kappa shape index (κ1) is 12.3. The predicted molar refractivity (Wildman–Crippen MR) is 70.0 cm³/mol. The number of benzene rings is 1. The summed E-state index contributed by atoms with van der Waals surface area (Å²) in [7, 11) is 1.85. The van der Waals surface area contributed by atoms with E-state index in [1.165, 1.54) is 0 Å². The Morgan fingerprint density at radius 2 is 2.26 bits per heavy atom. The monoisotopic (exact) mass is 262 g/mol. The van der Waals surface area contributed by atoms with Crippen LogP contribution in [0.25, 0.3) is 0 Å². The molecule has 0 aliphatic carbocycles. The van der Waals surface area contributed by atoms with Crippen LogP contribution in [0.1, 0.15) is 12.0 Å². The van der Waals surface area contributed by atoms with Crippen molar-refractivity contribution in [3.05, 3.63) is 23.8 Å². The third-order valence-electron chi connectivity index (χ3n) is 3.64. The van der Waals surface area contributed by atoms with Gasteiger partial charge in [0.05, 0.1) is 5.92 Å². The average Bonchev–Trinajstić information content (AvgIpc) is 3.08. The number of hydrogen-bond donors (Lipinski definition) is 1. The first-order chi connectivity index (χ1) is 9.24. The number of carbonyl (C=O) groups is 1. The molecule has 1 amide bonds. The first-order valence-corrected chi connectivity index (χ1v) is 6.58. The number of hydrogen-bond acceptors (Lipinski definition) is 4. The number of amides is 1. The zero-order chi connectivity index (χ0) is 13.2. The number of nitrogens with one attached hydrogen (secondary N) is 1. The Hall–Kier alpha value is -1.75. The van der Waals surface area contributed by atoms with Crippen LogP contribution in [-0.2, 0) is 11.3 Å². The number of rotatable bonds is 3. The van der Waals surface area contributed by atoms with E-state index >= 15 is 0 Å². The average molecular weight is 262 g/mol. The maximum absolute atomic E-state index is 12.2. The number of nitrogens with zero attached hydrogens (tertiary/aromatic N) is 1. The summed E-state index contributed by atoms with van der Waals surface area (Å²) < 4.78 is 10.6. The van der Waals surface area contributed by atoms with Gasteiger partial charge in [0.1, 0.15) is 0 Å². The molecule has 5 nitrogen and oxygen atoms in total. The van der Waals surface area contributed by atoms with Gasteiger partial charge in [-0.2, -0.15) is 0 Å². The van der Waals surface area contributed by atoms with Crippen LogP contribution in [0.2, 0.25) is 0 Å². The van der Waals surface area contributed by atoms with E-state index in [9.17, 15) is 4.79 Å². The second kappa shape index (κ2) is 5.09. The van der Waals surface area contributed by atoms with E-state index < -0.39 is 0 Å².